The molecule has 66 valence electrons. The Bertz CT molecular complexity index is 470. The van der Waals surface area contributed by atoms with Crippen LogP contribution in [0.25, 0.3) is 10.8 Å². The van der Waals surface area contributed by atoms with E-state index in [-0.39, 0.29) is 0 Å². The van der Waals surface area contributed by atoms with Gasteiger partial charge < -0.3 is 5.73 Å². The van der Waals surface area contributed by atoms with Gasteiger partial charge in [0.05, 0.1) is 0 Å². The van der Waals surface area contributed by atoms with Crippen LogP contribution >= 0.6 is 27.5 Å². The number of nitrogens with two attached hydrogens (primary N) is 1. The minimum absolute atomic E-state index is 0.465. The smallest absolute Gasteiger partial charge is 0.125 e. The fourth-order valence-corrected chi connectivity index (χ4v) is 2.00. The maximum Gasteiger partial charge on any atom is 0.125 e. The molecule has 0 amide bonds. The van der Waals surface area contributed by atoms with Gasteiger partial charge in [0.25, 0.3) is 0 Å². The van der Waals surface area contributed by atoms with E-state index in [4.69, 9.17) is 17.3 Å². The Morgan fingerprint density at radius 1 is 1.31 bits per heavy atom. The lowest BCUT2D eigenvalue weighted by molar-refractivity contribution is 1.32. The van der Waals surface area contributed by atoms with Crippen molar-refractivity contribution in [3.05, 3.63) is 33.9 Å². The molecule has 0 aliphatic heterocycles. The van der Waals surface area contributed by atoms with Crippen molar-refractivity contribution in [2.24, 2.45) is 0 Å². The summed E-state index contributed by atoms with van der Waals surface area (Å²) < 4.78 is 0.727. The summed E-state index contributed by atoms with van der Waals surface area (Å²) in [7, 11) is 0. The Kier molecular flexibility index (Phi) is 2.14. The van der Waals surface area contributed by atoms with Gasteiger partial charge >= 0.3 is 0 Å². The van der Waals surface area contributed by atoms with Crippen LogP contribution in [0.15, 0.2) is 28.9 Å². The van der Waals surface area contributed by atoms with Gasteiger partial charge in [-0.1, -0.05) is 23.7 Å². The standard InChI is InChI=1S/C9H6BrClN2/c10-9-5-2-1-3-7(11)6(5)4-8(12)13-9/h1-4H,(H2,12,13). The SMILES string of the molecule is Nc1cc2c(Cl)cccc2c(Br)n1. The van der Waals surface area contributed by atoms with Crippen LogP contribution in [0.1, 0.15) is 0 Å². The highest BCUT2D eigenvalue weighted by molar-refractivity contribution is 9.10. The van der Waals surface area contributed by atoms with Crippen LogP contribution in [0.3, 0.4) is 0 Å². The van der Waals surface area contributed by atoms with Crippen LogP contribution in [-0.4, -0.2) is 4.98 Å². The van der Waals surface area contributed by atoms with Crippen LogP contribution in [0.5, 0.6) is 0 Å². The largest absolute Gasteiger partial charge is 0.384 e. The van der Waals surface area contributed by atoms with E-state index in [9.17, 15) is 0 Å². The summed E-state index contributed by atoms with van der Waals surface area (Å²) >= 11 is 9.33. The highest BCUT2D eigenvalue weighted by Crippen LogP contribution is 2.29. The molecule has 0 radical (unpaired) electrons. The van der Waals surface area contributed by atoms with E-state index in [1.165, 1.54) is 0 Å². The minimum Gasteiger partial charge on any atom is -0.384 e. The van der Waals surface area contributed by atoms with Crippen LogP contribution in [0.2, 0.25) is 5.02 Å². The molecule has 2 nitrogen and oxygen atoms in total. The van der Waals surface area contributed by atoms with Crippen molar-refractivity contribution in [1.29, 1.82) is 0 Å². The molecular formula is C9H6BrClN2. The normalized spacial score (nSPS) is 10.6. The maximum absolute atomic E-state index is 6.00. The van der Waals surface area contributed by atoms with Crippen molar-refractivity contribution in [3.8, 4) is 0 Å². The summed E-state index contributed by atoms with van der Waals surface area (Å²) in [5.41, 5.74) is 5.59. The number of halogens is 2. The molecule has 0 saturated carbocycles. The average Bonchev–Trinajstić information content (AvgIpc) is 2.07. The molecule has 0 spiro atoms. The number of nitrogens with zero attached hydrogens (tertiary/aromatic N) is 1. The highest BCUT2D eigenvalue weighted by atomic mass is 79.9. The van der Waals surface area contributed by atoms with Crippen LogP contribution < -0.4 is 5.73 Å². The Morgan fingerprint density at radius 3 is 2.85 bits per heavy atom. The Hall–Kier alpha value is -0.800. The van der Waals surface area contributed by atoms with Gasteiger partial charge in [-0.25, -0.2) is 4.98 Å². The summed E-state index contributed by atoms with van der Waals surface area (Å²) in [4.78, 5) is 4.08. The number of nitrogen functional groups attached to an aromatic ring is 1. The number of anilines is 1. The second-order valence-corrected chi connectivity index (χ2v) is 3.83. The van der Waals surface area contributed by atoms with Gasteiger partial charge in [-0.15, -0.1) is 0 Å². The van der Waals surface area contributed by atoms with Gasteiger partial charge in [0.15, 0.2) is 0 Å². The fourth-order valence-electron chi connectivity index (χ4n) is 1.22. The highest BCUT2D eigenvalue weighted by Gasteiger charge is 2.03. The number of aromatic nitrogens is 1. The van der Waals surface area contributed by atoms with Crippen LogP contribution in [0.4, 0.5) is 5.82 Å². The van der Waals surface area contributed by atoms with Crippen molar-refractivity contribution < 1.29 is 0 Å². The third-order valence-corrected chi connectivity index (χ3v) is 2.73. The lowest BCUT2D eigenvalue weighted by atomic mass is 10.2. The van der Waals surface area contributed by atoms with Crippen LogP contribution in [-0.2, 0) is 0 Å². The van der Waals surface area contributed by atoms with Crippen molar-refractivity contribution in [2.45, 2.75) is 0 Å². The molecule has 2 aromatic rings. The number of hydrogen-bond donors (Lipinski definition) is 1. The number of hydrogen-bond acceptors (Lipinski definition) is 2. The molecule has 0 saturated heterocycles. The summed E-state index contributed by atoms with van der Waals surface area (Å²) in [5, 5.41) is 2.58. The molecule has 2 rings (SSSR count). The summed E-state index contributed by atoms with van der Waals surface area (Å²) in [5.74, 6) is 0.465. The summed E-state index contributed by atoms with van der Waals surface area (Å²) in [6, 6.07) is 7.42. The van der Waals surface area contributed by atoms with Crippen molar-refractivity contribution in [3.63, 3.8) is 0 Å². The van der Waals surface area contributed by atoms with Gasteiger partial charge in [-0.3, -0.25) is 0 Å². The molecule has 1 aromatic carbocycles. The van der Waals surface area contributed by atoms with Crippen LogP contribution in [0, 0.1) is 0 Å². The summed E-state index contributed by atoms with van der Waals surface area (Å²) in [6.45, 7) is 0. The minimum atomic E-state index is 0.465. The second kappa shape index (κ2) is 3.16. The van der Waals surface area contributed by atoms with E-state index in [2.05, 4.69) is 20.9 Å². The molecule has 13 heavy (non-hydrogen) atoms. The van der Waals surface area contributed by atoms with Crippen molar-refractivity contribution >= 4 is 44.1 Å². The van der Waals surface area contributed by atoms with Crippen molar-refractivity contribution in [1.82, 2.24) is 4.98 Å². The number of fused-ring (bicyclic) bond motifs is 1. The first kappa shape index (κ1) is 8.78. The molecule has 0 fully saturated rings. The first-order chi connectivity index (χ1) is 6.18. The predicted molar refractivity (Wildman–Crippen MR) is 58.9 cm³/mol. The number of benzene rings is 1. The number of pyridine rings is 1. The third-order valence-electron chi connectivity index (χ3n) is 1.79. The molecule has 0 bridgehead atoms. The van der Waals surface area contributed by atoms with E-state index in [0.29, 0.717) is 10.8 Å². The Balaban J connectivity index is 2.94. The topological polar surface area (TPSA) is 38.9 Å². The van der Waals surface area contributed by atoms with E-state index in [1.807, 2.05) is 18.2 Å². The molecule has 0 atom stereocenters. The van der Waals surface area contributed by atoms with Gasteiger partial charge in [-0.05, 0) is 28.1 Å². The zero-order valence-corrected chi connectivity index (χ0v) is 8.93. The van der Waals surface area contributed by atoms with Gasteiger partial charge in [-0.2, -0.15) is 0 Å². The van der Waals surface area contributed by atoms with E-state index < -0.39 is 0 Å². The second-order valence-electron chi connectivity index (χ2n) is 2.67. The monoisotopic (exact) mass is 256 g/mol. The molecule has 1 aromatic heterocycles. The zero-order chi connectivity index (χ0) is 9.42. The molecule has 1 heterocycles. The molecule has 4 heteroatoms. The third kappa shape index (κ3) is 1.49. The molecule has 2 N–H and O–H groups in total. The molecular weight excluding hydrogens is 251 g/mol. The van der Waals surface area contributed by atoms with E-state index >= 15 is 0 Å². The first-order valence-electron chi connectivity index (χ1n) is 3.69. The first-order valence-corrected chi connectivity index (χ1v) is 4.86. The van der Waals surface area contributed by atoms with Crippen molar-refractivity contribution in [2.75, 3.05) is 5.73 Å². The lowest BCUT2D eigenvalue weighted by Gasteiger charge is -2.02. The van der Waals surface area contributed by atoms with Gasteiger partial charge in [0, 0.05) is 15.8 Å². The fraction of sp³-hybridized carbons (Fsp3) is 0. The Morgan fingerprint density at radius 2 is 2.08 bits per heavy atom. The van der Waals surface area contributed by atoms with E-state index in [1.54, 1.807) is 6.07 Å². The lowest BCUT2D eigenvalue weighted by Crippen LogP contribution is -1.90. The summed E-state index contributed by atoms with van der Waals surface area (Å²) in [6.07, 6.45) is 0. The molecule has 0 unspecified atom stereocenters. The van der Waals surface area contributed by atoms with Gasteiger partial charge in [0.2, 0.25) is 0 Å². The van der Waals surface area contributed by atoms with Gasteiger partial charge in [0.1, 0.15) is 10.4 Å². The molecule has 0 aliphatic carbocycles. The Labute approximate surface area is 88.8 Å². The quantitative estimate of drug-likeness (QED) is 0.736. The number of rotatable bonds is 0. The maximum atomic E-state index is 6.00. The zero-order valence-electron chi connectivity index (χ0n) is 6.59. The predicted octanol–water partition coefficient (Wildman–Crippen LogP) is 3.23. The van der Waals surface area contributed by atoms with E-state index in [0.717, 1.165) is 15.4 Å². The average molecular weight is 258 g/mol. The molecule has 0 aliphatic rings.